The van der Waals surface area contributed by atoms with E-state index in [1.54, 1.807) is 0 Å². The van der Waals surface area contributed by atoms with Crippen molar-refractivity contribution in [1.82, 2.24) is 24.9 Å². The van der Waals surface area contributed by atoms with Gasteiger partial charge in [-0.15, -0.1) is 0 Å². The number of aryl methyl sites for hydroxylation is 1. The Labute approximate surface area is 225 Å². The van der Waals surface area contributed by atoms with E-state index in [4.69, 9.17) is 15.0 Å². The third kappa shape index (κ3) is 4.51. The summed E-state index contributed by atoms with van der Waals surface area (Å²) in [5, 5.41) is 4.56. The summed E-state index contributed by atoms with van der Waals surface area (Å²) in [6, 6.07) is 37.1. The second kappa shape index (κ2) is 9.54. The molecule has 0 spiro atoms. The molecule has 0 bridgehead atoms. The van der Waals surface area contributed by atoms with Gasteiger partial charge in [0.2, 0.25) is 0 Å². The van der Waals surface area contributed by atoms with Crippen molar-refractivity contribution in [3.05, 3.63) is 127 Å². The molecule has 0 aliphatic carbocycles. The second-order valence-corrected chi connectivity index (χ2v) is 9.52. The Hall–Kier alpha value is -5.29. The zero-order chi connectivity index (χ0) is 26.2. The van der Waals surface area contributed by atoms with Crippen molar-refractivity contribution in [2.24, 2.45) is 0 Å². The van der Waals surface area contributed by atoms with Crippen LogP contribution in [0.4, 0.5) is 0 Å². The maximum atomic E-state index is 4.88. The van der Waals surface area contributed by atoms with Crippen molar-refractivity contribution in [2.75, 3.05) is 0 Å². The topological polar surface area (TPSA) is 64.5 Å². The summed E-state index contributed by atoms with van der Waals surface area (Å²) in [6.07, 6.45) is 3.83. The summed E-state index contributed by atoms with van der Waals surface area (Å²) < 4.78 is 0. The highest BCUT2D eigenvalue weighted by molar-refractivity contribution is 5.86. The lowest BCUT2D eigenvalue weighted by atomic mass is 10.0. The Morgan fingerprint density at radius 2 is 0.846 bits per heavy atom. The Morgan fingerprint density at radius 1 is 0.410 bits per heavy atom. The molecule has 5 heteroatoms. The van der Waals surface area contributed by atoms with Gasteiger partial charge in [0.05, 0.1) is 11.4 Å². The van der Waals surface area contributed by atoms with Gasteiger partial charge in [0, 0.05) is 45.4 Å². The molecule has 5 nitrogen and oxygen atoms in total. The molecule has 0 radical (unpaired) electrons. The molecule has 0 aliphatic rings. The van der Waals surface area contributed by atoms with E-state index < -0.39 is 0 Å². The van der Waals surface area contributed by atoms with E-state index in [2.05, 4.69) is 70.6 Å². The van der Waals surface area contributed by atoms with E-state index in [0.29, 0.717) is 17.5 Å². The maximum Gasteiger partial charge on any atom is 0.163 e. The van der Waals surface area contributed by atoms with Crippen LogP contribution in [0.15, 0.2) is 122 Å². The number of hydrogen-bond donors (Lipinski definition) is 0. The van der Waals surface area contributed by atoms with Crippen molar-refractivity contribution in [1.29, 1.82) is 0 Å². The molecule has 0 amide bonds. The molecule has 3 aromatic heterocycles. The normalized spacial score (nSPS) is 11.2. The number of aromatic nitrogens is 5. The average molecular weight is 502 g/mol. The van der Waals surface area contributed by atoms with Crippen LogP contribution in [0.3, 0.4) is 0 Å². The largest absolute Gasteiger partial charge is 0.256 e. The lowest BCUT2D eigenvalue weighted by Gasteiger charge is -2.09. The van der Waals surface area contributed by atoms with E-state index in [0.717, 1.165) is 55.2 Å². The number of rotatable bonds is 4. The van der Waals surface area contributed by atoms with Crippen molar-refractivity contribution in [3.63, 3.8) is 0 Å². The van der Waals surface area contributed by atoms with Gasteiger partial charge in [-0.2, -0.15) is 0 Å². The lowest BCUT2D eigenvalue weighted by Crippen LogP contribution is -2.00. The minimum Gasteiger partial charge on any atom is -0.256 e. The highest BCUT2D eigenvalue weighted by Gasteiger charge is 2.12. The van der Waals surface area contributed by atoms with Crippen molar-refractivity contribution in [3.8, 4) is 45.3 Å². The van der Waals surface area contributed by atoms with E-state index in [1.807, 2.05) is 67.8 Å². The third-order valence-corrected chi connectivity index (χ3v) is 6.84. The molecule has 7 rings (SSSR count). The fraction of sp³-hybridized carbons (Fsp3) is 0.0294. The zero-order valence-corrected chi connectivity index (χ0v) is 21.3. The molecule has 0 saturated carbocycles. The van der Waals surface area contributed by atoms with E-state index in [-0.39, 0.29) is 0 Å². The molecule has 0 N–H and O–H groups in total. The molecule has 7 aromatic rings. The predicted molar refractivity (Wildman–Crippen MR) is 157 cm³/mol. The molecule has 0 saturated heterocycles. The minimum atomic E-state index is 0.634. The van der Waals surface area contributed by atoms with Crippen LogP contribution in [-0.4, -0.2) is 24.9 Å². The number of pyridine rings is 2. The molecular formula is C34H23N5. The van der Waals surface area contributed by atoms with Gasteiger partial charge in [0.25, 0.3) is 0 Å². The SMILES string of the molecule is Cc1nc(-c2cccc(-c3cc4ccccc4cn3)c2)nc(-c2cccc(-c3cc4ccccc4cn3)c2)n1. The van der Waals surface area contributed by atoms with Gasteiger partial charge in [-0.3, -0.25) is 9.97 Å². The van der Waals surface area contributed by atoms with E-state index in [1.165, 1.54) is 0 Å². The van der Waals surface area contributed by atoms with Gasteiger partial charge in [0.1, 0.15) is 5.82 Å². The summed E-state index contributed by atoms with van der Waals surface area (Å²) in [4.78, 5) is 23.6. The smallest absolute Gasteiger partial charge is 0.163 e. The summed E-state index contributed by atoms with van der Waals surface area (Å²) in [5.74, 6) is 1.93. The van der Waals surface area contributed by atoms with Crippen molar-refractivity contribution >= 4 is 21.5 Å². The van der Waals surface area contributed by atoms with Crippen molar-refractivity contribution in [2.45, 2.75) is 6.92 Å². The molecule has 0 aliphatic heterocycles. The summed E-state index contributed by atoms with van der Waals surface area (Å²) >= 11 is 0. The summed E-state index contributed by atoms with van der Waals surface area (Å²) in [7, 11) is 0. The first-order valence-corrected chi connectivity index (χ1v) is 12.8. The van der Waals surface area contributed by atoms with Crippen LogP contribution in [0.1, 0.15) is 5.82 Å². The van der Waals surface area contributed by atoms with Crippen LogP contribution in [0.25, 0.3) is 66.8 Å². The van der Waals surface area contributed by atoms with Crippen LogP contribution in [0, 0.1) is 6.92 Å². The lowest BCUT2D eigenvalue weighted by molar-refractivity contribution is 0.992. The Bertz CT molecular complexity index is 1860. The Morgan fingerprint density at radius 3 is 1.33 bits per heavy atom. The zero-order valence-electron chi connectivity index (χ0n) is 21.3. The fourth-order valence-corrected chi connectivity index (χ4v) is 4.86. The molecule has 0 fully saturated rings. The maximum absolute atomic E-state index is 4.88. The number of fused-ring (bicyclic) bond motifs is 2. The molecular weight excluding hydrogens is 478 g/mol. The Kier molecular flexibility index (Phi) is 5.60. The third-order valence-electron chi connectivity index (χ3n) is 6.84. The minimum absolute atomic E-state index is 0.634. The van der Waals surface area contributed by atoms with E-state index >= 15 is 0 Å². The molecule has 0 atom stereocenters. The first-order chi connectivity index (χ1) is 19.2. The molecule has 3 heterocycles. The second-order valence-electron chi connectivity index (χ2n) is 9.52. The quantitative estimate of drug-likeness (QED) is 0.245. The van der Waals surface area contributed by atoms with Crippen LogP contribution in [-0.2, 0) is 0 Å². The monoisotopic (exact) mass is 501 g/mol. The van der Waals surface area contributed by atoms with Gasteiger partial charge in [-0.05, 0) is 42.0 Å². The summed E-state index contributed by atoms with van der Waals surface area (Å²) in [5.41, 5.74) is 5.70. The van der Waals surface area contributed by atoms with Crippen LogP contribution >= 0.6 is 0 Å². The highest BCUT2D eigenvalue weighted by Crippen LogP contribution is 2.29. The van der Waals surface area contributed by atoms with Crippen LogP contribution < -0.4 is 0 Å². The predicted octanol–water partition coefficient (Wildman–Crippen LogP) is 7.94. The van der Waals surface area contributed by atoms with E-state index in [9.17, 15) is 0 Å². The number of nitrogens with zero attached hydrogens (tertiary/aromatic N) is 5. The van der Waals surface area contributed by atoms with Gasteiger partial charge in [0.15, 0.2) is 11.6 Å². The van der Waals surface area contributed by atoms with Crippen LogP contribution in [0.2, 0.25) is 0 Å². The number of benzene rings is 4. The molecule has 4 aromatic carbocycles. The Balaban J connectivity index is 1.26. The summed E-state index contributed by atoms with van der Waals surface area (Å²) in [6.45, 7) is 1.90. The van der Waals surface area contributed by atoms with Gasteiger partial charge in [-0.25, -0.2) is 15.0 Å². The fourth-order valence-electron chi connectivity index (χ4n) is 4.86. The first-order valence-electron chi connectivity index (χ1n) is 12.8. The van der Waals surface area contributed by atoms with Crippen molar-refractivity contribution < 1.29 is 0 Å². The molecule has 0 unspecified atom stereocenters. The highest BCUT2D eigenvalue weighted by atomic mass is 15.0. The standard InChI is InChI=1S/C34H23N5/c1-22-37-33(27-14-6-12-25(16-27)31-18-23-8-2-4-10-29(23)20-35-31)39-34(38-22)28-15-7-13-26(17-28)32-19-24-9-3-5-11-30(24)21-36-32/h2-21H,1H3. The average Bonchev–Trinajstić information content (AvgIpc) is 3.00. The first kappa shape index (κ1) is 22.9. The van der Waals surface area contributed by atoms with Gasteiger partial charge < -0.3 is 0 Å². The molecule has 39 heavy (non-hydrogen) atoms. The molecule has 184 valence electrons. The van der Waals surface area contributed by atoms with Gasteiger partial charge >= 0.3 is 0 Å². The van der Waals surface area contributed by atoms with Gasteiger partial charge in [-0.1, -0.05) is 84.9 Å². The number of hydrogen-bond acceptors (Lipinski definition) is 5. The van der Waals surface area contributed by atoms with Crippen LogP contribution in [0.5, 0.6) is 0 Å².